The number of allylic oxidation sites excluding steroid dienone is 14. The van der Waals surface area contributed by atoms with Crippen LogP contribution in [0.5, 0.6) is 0 Å². The van der Waals surface area contributed by atoms with Gasteiger partial charge < -0.3 is 27.9 Å². The first-order valence-corrected chi connectivity index (χ1v) is 22.8. The van der Waals surface area contributed by atoms with Gasteiger partial charge in [-0.05, 0) is 77.0 Å². The molecule has 320 valence electrons. The summed E-state index contributed by atoms with van der Waals surface area (Å²) in [6.45, 7) is 3.98. The predicted octanol–water partition coefficient (Wildman–Crippen LogP) is 11.4. The molecule has 0 aromatic rings. The quantitative estimate of drug-likeness (QED) is 0.0152. The fourth-order valence-corrected chi connectivity index (χ4v) is 5.82. The van der Waals surface area contributed by atoms with Crippen LogP contribution in [0.1, 0.15) is 142 Å². The molecule has 0 fully saturated rings. The van der Waals surface area contributed by atoms with Crippen LogP contribution in [0.4, 0.5) is 0 Å². The zero-order valence-electron chi connectivity index (χ0n) is 35.8. The van der Waals surface area contributed by atoms with Crippen molar-refractivity contribution in [2.45, 2.75) is 148 Å². The molecule has 2 atom stereocenters. The molecule has 0 amide bonds. The Labute approximate surface area is 341 Å². The number of hydrogen-bond acceptors (Lipinski definition) is 8. The largest absolute Gasteiger partial charge is 0.756 e. The number of ether oxygens (including phenoxy) is 2. The van der Waals surface area contributed by atoms with Crippen molar-refractivity contribution in [2.24, 2.45) is 0 Å². The Balaban J connectivity index is 4.53. The number of likely N-dealkylation sites (N-methyl/N-ethyl adjacent to an activating group) is 1. The normalized spacial score (nSPS) is 14.5. The van der Waals surface area contributed by atoms with E-state index >= 15 is 0 Å². The fraction of sp³-hybridized carbons (Fsp3) is 0.652. The van der Waals surface area contributed by atoms with E-state index in [2.05, 4.69) is 92.8 Å². The van der Waals surface area contributed by atoms with Gasteiger partial charge in [0.25, 0.3) is 7.82 Å². The second-order valence-electron chi connectivity index (χ2n) is 15.0. The molecular weight excluding hydrogens is 725 g/mol. The Bertz CT molecular complexity index is 1230. The van der Waals surface area contributed by atoms with Crippen LogP contribution in [0, 0.1) is 0 Å². The number of carbonyl (C=O) groups is 2. The van der Waals surface area contributed by atoms with Gasteiger partial charge in [0.2, 0.25) is 0 Å². The lowest BCUT2D eigenvalue weighted by molar-refractivity contribution is -0.870. The van der Waals surface area contributed by atoms with Gasteiger partial charge in [0.1, 0.15) is 19.8 Å². The molecule has 0 saturated carbocycles. The van der Waals surface area contributed by atoms with Gasteiger partial charge in [-0.25, -0.2) is 0 Å². The highest BCUT2D eigenvalue weighted by Crippen LogP contribution is 2.38. The van der Waals surface area contributed by atoms with E-state index in [0.29, 0.717) is 30.3 Å². The van der Waals surface area contributed by atoms with Crippen LogP contribution in [0.3, 0.4) is 0 Å². The molecule has 1 unspecified atom stereocenters. The number of hydrogen-bond donors (Lipinski definition) is 0. The van der Waals surface area contributed by atoms with E-state index in [9.17, 15) is 19.0 Å². The van der Waals surface area contributed by atoms with Crippen molar-refractivity contribution in [3.8, 4) is 0 Å². The number of rotatable bonds is 37. The maximum atomic E-state index is 12.6. The van der Waals surface area contributed by atoms with E-state index in [-0.39, 0.29) is 26.1 Å². The van der Waals surface area contributed by atoms with Crippen LogP contribution in [0.15, 0.2) is 85.1 Å². The lowest BCUT2D eigenvalue weighted by atomic mass is 10.1. The molecule has 0 radical (unpaired) electrons. The van der Waals surface area contributed by atoms with E-state index in [1.807, 2.05) is 27.2 Å². The molecule has 10 heteroatoms. The summed E-state index contributed by atoms with van der Waals surface area (Å²) in [6, 6.07) is 0. The molecule has 0 aliphatic carbocycles. The number of phosphoric acid groups is 1. The topological polar surface area (TPSA) is 111 Å². The van der Waals surface area contributed by atoms with Gasteiger partial charge in [0, 0.05) is 12.8 Å². The zero-order chi connectivity index (χ0) is 41.4. The third kappa shape index (κ3) is 40.8. The Morgan fingerprint density at radius 2 is 1.09 bits per heavy atom. The van der Waals surface area contributed by atoms with Crippen molar-refractivity contribution in [3.63, 3.8) is 0 Å². The molecule has 56 heavy (non-hydrogen) atoms. The van der Waals surface area contributed by atoms with Crippen LogP contribution < -0.4 is 4.89 Å². The number of nitrogens with zero attached hydrogens (tertiary/aromatic N) is 1. The summed E-state index contributed by atoms with van der Waals surface area (Å²) in [7, 11) is 1.10. The van der Waals surface area contributed by atoms with Crippen molar-refractivity contribution in [2.75, 3.05) is 47.5 Å². The molecule has 0 aliphatic heterocycles. The van der Waals surface area contributed by atoms with Crippen molar-refractivity contribution >= 4 is 19.8 Å². The summed E-state index contributed by atoms with van der Waals surface area (Å²) in [5, 5.41) is 0. The van der Waals surface area contributed by atoms with E-state index < -0.39 is 32.5 Å². The lowest BCUT2D eigenvalue weighted by Gasteiger charge is -2.28. The van der Waals surface area contributed by atoms with E-state index in [0.717, 1.165) is 70.6 Å². The van der Waals surface area contributed by atoms with Crippen LogP contribution >= 0.6 is 7.82 Å². The van der Waals surface area contributed by atoms with Gasteiger partial charge >= 0.3 is 11.9 Å². The fourth-order valence-electron chi connectivity index (χ4n) is 5.09. The summed E-state index contributed by atoms with van der Waals surface area (Å²) in [5.74, 6) is -0.930. The first kappa shape index (κ1) is 53.2. The number of unbranched alkanes of at least 4 members (excludes halogenated alkanes) is 10. The number of phosphoric ester groups is 1. The second kappa shape index (κ2) is 37.7. The van der Waals surface area contributed by atoms with Crippen LogP contribution in [0.2, 0.25) is 0 Å². The number of carbonyl (C=O) groups excluding carboxylic acids is 2. The molecule has 0 spiro atoms. The van der Waals surface area contributed by atoms with E-state index in [1.54, 1.807) is 0 Å². The molecule has 0 aromatic heterocycles. The van der Waals surface area contributed by atoms with Gasteiger partial charge in [0.15, 0.2) is 6.10 Å². The standard InChI is InChI=1S/C46H78NO8P/c1-6-8-10-12-14-16-18-20-22-23-25-27-29-31-33-35-37-39-46(49)55-44(43-54-56(50,51)53-41-40-47(3,4)5)42-52-45(48)38-36-34-32-30-28-26-24-21-19-17-15-13-11-9-7-2/h8,10,14,16-17,19-22,24-25,27,31,33,44H,6-7,9,11-13,15,18,23,26,28-30,32,34-43H2,1-5H3/b10-8+,16-14+,19-17+,22-20+,24-21+,27-25+,33-31+/t44-/m1/s1. The Morgan fingerprint density at radius 3 is 1.66 bits per heavy atom. The summed E-state index contributed by atoms with van der Waals surface area (Å²) >= 11 is 0. The average molecular weight is 804 g/mol. The maximum absolute atomic E-state index is 12.6. The highest BCUT2D eigenvalue weighted by atomic mass is 31.2. The van der Waals surface area contributed by atoms with E-state index in [4.69, 9.17) is 18.5 Å². The zero-order valence-corrected chi connectivity index (χ0v) is 36.7. The molecule has 0 bridgehead atoms. The highest BCUT2D eigenvalue weighted by molar-refractivity contribution is 7.45. The Morgan fingerprint density at radius 1 is 0.589 bits per heavy atom. The molecule has 0 aliphatic rings. The van der Waals surface area contributed by atoms with E-state index in [1.165, 1.54) is 25.7 Å². The van der Waals surface area contributed by atoms with Crippen molar-refractivity contribution < 1.29 is 42.1 Å². The second-order valence-corrected chi connectivity index (χ2v) is 16.4. The van der Waals surface area contributed by atoms with Crippen LogP contribution in [-0.2, 0) is 32.7 Å². The van der Waals surface area contributed by atoms with Gasteiger partial charge in [-0.2, -0.15) is 0 Å². The molecule has 9 nitrogen and oxygen atoms in total. The van der Waals surface area contributed by atoms with Gasteiger partial charge in [-0.3, -0.25) is 14.2 Å². The first-order chi connectivity index (χ1) is 27.0. The molecule has 0 heterocycles. The van der Waals surface area contributed by atoms with Crippen molar-refractivity contribution in [1.29, 1.82) is 0 Å². The minimum atomic E-state index is -4.65. The monoisotopic (exact) mass is 804 g/mol. The maximum Gasteiger partial charge on any atom is 0.306 e. The molecule has 0 N–H and O–H groups in total. The lowest BCUT2D eigenvalue weighted by Crippen LogP contribution is -2.37. The minimum absolute atomic E-state index is 0.0488. The SMILES string of the molecule is CC/C=C/C/C=C/C/C=C/C/C=C/C/C=C/CCCC(=O)O[C@H](COC(=O)CCCCCCC/C=C/C=C/CCCCCC)COP(=O)([O-])OCC[N+](C)(C)C. The first-order valence-electron chi connectivity index (χ1n) is 21.3. The summed E-state index contributed by atoms with van der Waals surface area (Å²) in [5.41, 5.74) is 0. The van der Waals surface area contributed by atoms with Gasteiger partial charge in [-0.1, -0.05) is 137 Å². The summed E-state index contributed by atoms with van der Waals surface area (Å²) < 4.78 is 33.8. The summed E-state index contributed by atoms with van der Waals surface area (Å²) in [6.07, 6.45) is 47.6. The highest BCUT2D eigenvalue weighted by Gasteiger charge is 2.21. The number of esters is 2. The third-order valence-electron chi connectivity index (χ3n) is 8.43. The van der Waals surface area contributed by atoms with Gasteiger partial charge in [0.05, 0.1) is 27.7 Å². The summed E-state index contributed by atoms with van der Waals surface area (Å²) in [4.78, 5) is 37.5. The van der Waals surface area contributed by atoms with Crippen LogP contribution in [0.25, 0.3) is 0 Å². The predicted molar refractivity (Wildman–Crippen MR) is 231 cm³/mol. The molecule has 0 aromatic carbocycles. The minimum Gasteiger partial charge on any atom is -0.756 e. The third-order valence-corrected chi connectivity index (χ3v) is 9.39. The molecule has 0 rings (SSSR count). The van der Waals surface area contributed by atoms with Crippen molar-refractivity contribution in [3.05, 3.63) is 85.1 Å². The smallest absolute Gasteiger partial charge is 0.306 e. The Kier molecular flexibility index (Phi) is 35.9. The molecule has 0 saturated heterocycles. The number of quaternary nitrogens is 1. The van der Waals surface area contributed by atoms with Gasteiger partial charge in [-0.15, -0.1) is 0 Å². The van der Waals surface area contributed by atoms with Crippen molar-refractivity contribution in [1.82, 2.24) is 0 Å². The van der Waals surface area contributed by atoms with Crippen LogP contribution in [-0.4, -0.2) is 70.0 Å². The average Bonchev–Trinajstić information content (AvgIpc) is 3.15. The molecular formula is C46H78NO8P. The Hall–Kier alpha value is -2.81.